The van der Waals surface area contributed by atoms with Crippen molar-refractivity contribution in [2.45, 2.75) is 39.2 Å². The van der Waals surface area contributed by atoms with Gasteiger partial charge in [0.2, 0.25) is 5.60 Å². The Hall–Kier alpha value is -1.95. The molecule has 0 saturated heterocycles. The van der Waals surface area contributed by atoms with Crippen molar-refractivity contribution in [2.75, 3.05) is 5.32 Å². The van der Waals surface area contributed by atoms with E-state index in [1.54, 1.807) is 0 Å². The molecule has 1 aromatic rings. The van der Waals surface area contributed by atoms with Gasteiger partial charge in [-0.1, -0.05) is 37.3 Å². The van der Waals surface area contributed by atoms with Crippen molar-refractivity contribution in [3.63, 3.8) is 0 Å². The quantitative estimate of drug-likeness (QED) is 0.766. The zero-order valence-corrected chi connectivity index (χ0v) is 11.0. The predicted octanol–water partition coefficient (Wildman–Crippen LogP) is 3.58. The van der Waals surface area contributed by atoms with Crippen LogP contribution in [0.5, 0.6) is 0 Å². The molecule has 1 aromatic carbocycles. The van der Waals surface area contributed by atoms with Crippen LogP contribution in [0.15, 0.2) is 18.2 Å². The molecule has 1 heterocycles. The molecule has 0 bridgehead atoms. The van der Waals surface area contributed by atoms with E-state index in [1.165, 1.54) is 0 Å². The van der Waals surface area contributed by atoms with Gasteiger partial charge >= 0.3 is 6.09 Å². The minimum Gasteiger partial charge on any atom is -0.425 e. The highest BCUT2D eigenvalue weighted by Crippen LogP contribution is 2.38. The minimum atomic E-state index is -0.806. The summed E-state index contributed by atoms with van der Waals surface area (Å²) in [6.07, 6.45) is 0.955. The summed E-state index contributed by atoms with van der Waals surface area (Å²) in [6, 6.07) is 5.91. The van der Waals surface area contributed by atoms with Crippen molar-refractivity contribution < 1.29 is 9.53 Å². The Morgan fingerprint density at radius 2 is 2.17 bits per heavy atom. The summed E-state index contributed by atoms with van der Waals surface area (Å²) in [7, 11) is 0. The van der Waals surface area contributed by atoms with Gasteiger partial charge in [0, 0.05) is 18.4 Å². The molecule has 2 rings (SSSR count). The van der Waals surface area contributed by atoms with Crippen LogP contribution in [0, 0.1) is 18.8 Å². The second kappa shape index (κ2) is 4.73. The van der Waals surface area contributed by atoms with E-state index in [-0.39, 0.29) is 0 Å². The summed E-state index contributed by atoms with van der Waals surface area (Å²) in [5.41, 5.74) is 2.07. The molecule has 3 nitrogen and oxygen atoms in total. The Bertz CT molecular complexity index is 539. The number of aryl methyl sites for hydroxylation is 1. The Morgan fingerprint density at radius 1 is 1.39 bits per heavy atom. The van der Waals surface area contributed by atoms with E-state index in [4.69, 9.17) is 4.74 Å². The van der Waals surface area contributed by atoms with Crippen molar-refractivity contribution in [3.05, 3.63) is 29.3 Å². The van der Waals surface area contributed by atoms with Gasteiger partial charge in [-0.3, -0.25) is 5.32 Å². The number of carbonyl (C=O) groups is 1. The summed E-state index contributed by atoms with van der Waals surface area (Å²) in [5, 5.41) is 2.72. The van der Waals surface area contributed by atoms with Crippen molar-refractivity contribution in [1.29, 1.82) is 0 Å². The molecule has 1 aliphatic rings. The number of hydrogen-bond donors (Lipinski definition) is 1. The molecule has 1 amide bonds. The summed E-state index contributed by atoms with van der Waals surface area (Å²) >= 11 is 0. The van der Waals surface area contributed by atoms with Gasteiger partial charge in [0.15, 0.2) is 0 Å². The van der Waals surface area contributed by atoms with Crippen LogP contribution in [0.4, 0.5) is 10.5 Å². The first kappa shape index (κ1) is 12.5. The average molecular weight is 243 g/mol. The van der Waals surface area contributed by atoms with Crippen LogP contribution in [0.2, 0.25) is 0 Å². The lowest BCUT2D eigenvalue weighted by molar-refractivity contribution is 0.0546. The van der Waals surface area contributed by atoms with Crippen LogP contribution in [0.25, 0.3) is 0 Å². The van der Waals surface area contributed by atoms with Crippen LogP contribution in [-0.2, 0) is 10.3 Å². The van der Waals surface area contributed by atoms with Gasteiger partial charge in [-0.15, -0.1) is 0 Å². The Kier molecular flexibility index (Phi) is 3.29. The number of nitrogens with one attached hydrogen (secondary N) is 1. The van der Waals surface area contributed by atoms with E-state index >= 15 is 0 Å². The lowest BCUT2D eigenvalue weighted by Gasteiger charge is -2.34. The third kappa shape index (κ3) is 2.06. The van der Waals surface area contributed by atoms with Gasteiger partial charge in [-0.05, 0) is 19.1 Å². The number of hydrogen-bond acceptors (Lipinski definition) is 2. The molecule has 0 radical (unpaired) electrons. The highest BCUT2D eigenvalue weighted by molar-refractivity contribution is 5.89. The predicted molar refractivity (Wildman–Crippen MR) is 71.3 cm³/mol. The Morgan fingerprint density at radius 3 is 2.83 bits per heavy atom. The number of carbonyl (C=O) groups excluding carboxylic acids is 1. The zero-order chi connectivity index (χ0) is 13.2. The first-order chi connectivity index (χ1) is 8.61. The maximum atomic E-state index is 11.6. The number of fused-ring (bicyclic) bond motifs is 1. The van der Waals surface area contributed by atoms with E-state index in [9.17, 15) is 4.79 Å². The summed E-state index contributed by atoms with van der Waals surface area (Å²) in [4.78, 5) is 11.6. The topological polar surface area (TPSA) is 38.3 Å². The zero-order valence-electron chi connectivity index (χ0n) is 11.0. The Labute approximate surface area is 108 Å². The van der Waals surface area contributed by atoms with Crippen molar-refractivity contribution in [1.82, 2.24) is 0 Å². The fourth-order valence-corrected chi connectivity index (χ4v) is 2.12. The summed E-state index contributed by atoms with van der Waals surface area (Å²) in [5.74, 6) is 6.15. The SMILES string of the molecule is CCC#CC1(CC)OC(=O)Nc2ccc(C)cc21. The number of ether oxygens (including phenoxy) is 1. The molecular formula is C15H17NO2. The second-order valence-electron chi connectivity index (χ2n) is 4.40. The molecular weight excluding hydrogens is 226 g/mol. The maximum absolute atomic E-state index is 11.6. The molecule has 3 heteroatoms. The number of rotatable bonds is 1. The van der Waals surface area contributed by atoms with Gasteiger partial charge in [-0.2, -0.15) is 0 Å². The van der Waals surface area contributed by atoms with E-state index in [0.717, 1.165) is 23.2 Å². The van der Waals surface area contributed by atoms with Gasteiger partial charge < -0.3 is 4.74 Å². The maximum Gasteiger partial charge on any atom is 0.413 e. The molecule has 1 N–H and O–H groups in total. The van der Waals surface area contributed by atoms with Gasteiger partial charge in [0.1, 0.15) is 0 Å². The molecule has 0 spiro atoms. The number of anilines is 1. The van der Waals surface area contributed by atoms with Crippen LogP contribution in [0.1, 0.15) is 37.8 Å². The molecule has 1 unspecified atom stereocenters. The van der Waals surface area contributed by atoms with Crippen LogP contribution in [0.3, 0.4) is 0 Å². The highest BCUT2D eigenvalue weighted by Gasteiger charge is 2.39. The van der Waals surface area contributed by atoms with Gasteiger partial charge in [-0.25, -0.2) is 4.79 Å². The van der Waals surface area contributed by atoms with Crippen molar-refractivity contribution in [2.24, 2.45) is 0 Å². The monoisotopic (exact) mass is 243 g/mol. The van der Waals surface area contributed by atoms with Crippen molar-refractivity contribution in [3.8, 4) is 11.8 Å². The highest BCUT2D eigenvalue weighted by atomic mass is 16.6. The lowest BCUT2D eigenvalue weighted by atomic mass is 9.87. The number of benzene rings is 1. The summed E-state index contributed by atoms with van der Waals surface area (Å²) in [6.45, 7) is 5.98. The van der Waals surface area contributed by atoms with E-state index in [2.05, 4.69) is 17.2 Å². The smallest absolute Gasteiger partial charge is 0.413 e. The molecule has 1 atom stereocenters. The van der Waals surface area contributed by atoms with E-state index < -0.39 is 11.7 Å². The van der Waals surface area contributed by atoms with Crippen LogP contribution in [-0.4, -0.2) is 6.09 Å². The van der Waals surface area contributed by atoms with E-state index in [0.29, 0.717) is 6.42 Å². The Balaban J connectivity index is 2.61. The average Bonchev–Trinajstić information content (AvgIpc) is 2.36. The molecule has 0 aliphatic carbocycles. The fourth-order valence-electron chi connectivity index (χ4n) is 2.12. The molecule has 0 fully saturated rings. The fraction of sp³-hybridized carbons (Fsp3) is 0.400. The first-order valence-corrected chi connectivity index (χ1v) is 6.22. The largest absolute Gasteiger partial charge is 0.425 e. The molecule has 0 saturated carbocycles. The van der Waals surface area contributed by atoms with Crippen LogP contribution >= 0.6 is 0 Å². The third-order valence-corrected chi connectivity index (χ3v) is 3.08. The second-order valence-corrected chi connectivity index (χ2v) is 4.40. The standard InChI is InChI=1S/C15H17NO2/c1-4-6-9-15(5-2)12-10-11(3)7-8-13(12)16-14(17)18-15/h7-8,10H,4-5H2,1-3H3,(H,16,17). The normalized spacial score (nSPS) is 21.2. The van der Waals surface area contributed by atoms with E-state index in [1.807, 2.05) is 39.0 Å². The molecule has 94 valence electrons. The lowest BCUT2D eigenvalue weighted by Crippen LogP contribution is -2.38. The first-order valence-electron chi connectivity index (χ1n) is 6.22. The molecule has 0 aromatic heterocycles. The number of amides is 1. The number of cyclic esters (lactones) is 1. The van der Waals surface area contributed by atoms with Crippen LogP contribution < -0.4 is 5.32 Å². The van der Waals surface area contributed by atoms with Gasteiger partial charge in [0.05, 0.1) is 5.69 Å². The third-order valence-electron chi connectivity index (χ3n) is 3.08. The molecule has 18 heavy (non-hydrogen) atoms. The van der Waals surface area contributed by atoms with Crippen molar-refractivity contribution >= 4 is 11.8 Å². The van der Waals surface area contributed by atoms with Gasteiger partial charge in [0.25, 0.3) is 0 Å². The minimum absolute atomic E-state index is 0.432. The molecule has 1 aliphatic heterocycles. The summed E-state index contributed by atoms with van der Waals surface area (Å²) < 4.78 is 5.48.